The standard InChI is InChI=1S/C20H21N3O3/c21-10-14-5-4-6-15(9-14)11-22-17-13-26-18(19(17)24)12-23-20(25)16-7-2-1-3-8-16/h1-9,17-19,22,24H,11-13H2,(H,23,25). The van der Waals surface area contributed by atoms with Gasteiger partial charge in [0.15, 0.2) is 0 Å². The first-order valence-electron chi connectivity index (χ1n) is 8.52. The summed E-state index contributed by atoms with van der Waals surface area (Å²) in [7, 11) is 0. The predicted molar refractivity (Wildman–Crippen MR) is 96.3 cm³/mol. The average Bonchev–Trinajstić information content (AvgIpc) is 3.05. The van der Waals surface area contributed by atoms with Crippen LogP contribution in [0, 0.1) is 11.3 Å². The van der Waals surface area contributed by atoms with Crippen LogP contribution in [0.5, 0.6) is 0 Å². The Bertz CT molecular complexity index is 788. The zero-order chi connectivity index (χ0) is 18.4. The van der Waals surface area contributed by atoms with E-state index >= 15 is 0 Å². The van der Waals surface area contributed by atoms with Crippen LogP contribution in [0.2, 0.25) is 0 Å². The lowest BCUT2D eigenvalue weighted by atomic mass is 10.1. The summed E-state index contributed by atoms with van der Waals surface area (Å²) < 4.78 is 5.62. The van der Waals surface area contributed by atoms with Gasteiger partial charge in [-0.15, -0.1) is 0 Å². The molecule has 0 spiro atoms. The van der Waals surface area contributed by atoms with E-state index in [1.165, 1.54) is 0 Å². The van der Waals surface area contributed by atoms with E-state index in [4.69, 9.17) is 10.00 Å². The Hall–Kier alpha value is -2.72. The second kappa shape index (κ2) is 8.59. The number of nitrogens with one attached hydrogen (secondary N) is 2. The SMILES string of the molecule is N#Cc1cccc(CNC2COC(CNC(=O)c3ccccc3)C2O)c1. The minimum atomic E-state index is -0.717. The number of carbonyl (C=O) groups is 1. The molecule has 2 aromatic carbocycles. The van der Waals surface area contributed by atoms with Gasteiger partial charge in [-0.3, -0.25) is 4.79 Å². The van der Waals surface area contributed by atoms with E-state index in [9.17, 15) is 9.90 Å². The summed E-state index contributed by atoms with van der Waals surface area (Å²) in [5.41, 5.74) is 2.15. The second-order valence-corrected chi connectivity index (χ2v) is 6.24. The normalized spacial score (nSPS) is 21.9. The number of nitrogens with zero attached hydrogens (tertiary/aromatic N) is 1. The summed E-state index contributed by atoms with van der Waals surface area (Å²) in [6, 6.07) is 18.1. The summed E-state index contributed by atoms with van der Waals surface area (Å²) in [6.07, 6.45) is -1.17. The number of amides is 1. The summed E-state index contributed by atoms with van der Waals surface area (Å²) in [6.45, 7) is 1.14. The third-order valence-electron chi connectivity index (χ3n) is 4.41. The van der Waals surface area contributed by atoms with Crippen molar-refractivity contribution in [2.24, 2.45) is 0 Å². The van der Waals surface area contributed by atoms with Gasteiger partial charge in [0.2, 0.25) is 0 Å². The highest BCUT2D eigenvalue weighted by atomic mass is 16.5. The average molecular weight is 351 g/mol. The van der Waals surface area contributed by atoms with Gasteiger partial charge in [-0.1, -0.05) is 30.3 Å². The topological polar surface area (TPSA) is 94.4 Å². The Kier molecular flexibility index (Phi) is 5.97. The van der Waals surface area contributed by atoms with Crippen LogP contribution in [0.25, 0.3) is 0 Å². The van der Waals surface area contributed by atoms with Crippen molar-refractivity contribution >= 4 is 5.91 Å². The molecule has 0 saturated carbocycles. The molecule has 1 amide bonds. The number of benzene rings is 2. The molecule has 2 aromatic rings. The summed E-state index contributed by atoms with van der Waals surface area (Å²) >= 11 is 0. The van der Waals surface area contributed by atoms with Crippen LogP contribution >= 0.6 is 0 Å². The Balaban J connectivity index is 1.47. The van der Waals surface area contributed by atoms with Crippen molar-refractivity contribution in [3.8, 4) is 6.07 Å². The highest BCUT2D eigenvalue weighted by Crippen LogP contribution is 2.15. The van der Waals surface area contributed by atoms with Gasteiger partial charge in [0, 0.05) is 18.7 Å². The van der Waals surface area contributed by atoms with Gasteiger partial charge in [-0.05, 0) is 29.8 Å². The molecule has 3 atom stereocenters. The van der Waals surface area contributed by atoms with Crippen LogP contribution in [0.1, 0.15) is 21.5 Å². The minimum absolute atomic E-state index is 0.189. The molecule has 3 rings (SSSR count). The van der Waals surface area contributed by atoms with E-state index in [2.05, 4.69) is 16.7 Å². The number of aliphatic hydroxyl groups is 1. The molecule has 0 radical (unpaired) electrons. The Labute approximate surface area is 152 Å². The van der Waals surface area contributed by atoms with Gasteiger partial charge in [0.05, 0.1) is 30.4 Å². The fourth-order valence-electron chi connectivity index (χ4n) is 2.93. The van der Waals surface area contributed by atoms with Crippen LogP contribution in [-0.2, 0) is 11.3 Å². The van der Waals surface area contributed by atoms with Crippen LogP contribution < -0.4 is 10.6 Å². The van der Waals surface area contributed by atoms with E-state index in [-0.39, 0.29) is 18.5 Å². The van der Waals surface area contributed by atoms with Gasteiger partial charge >= 0.3 is 0 Å². The number of nitriles is 1. The van der Waals surface area contributed by atoms with E-state index in [0.717, 1.165) is 5.56 Å². The summed E-state index contributed by atoms with van der Waals surface area (Å²) in [5.74, 6) is -0.189. The van der Waals surface area contributed by atoms with Gasteiger partial charge in [0.25, 0.3) is 5.91 Å². The Morgan fingerprint density at radius 1 is 1.23 bits per heavy atom. The molecule has 0 bridgehead atoms. The van der Waals surface area contributed by atoms with E-state index in [1.54, 1.807) is 30.3 Å². The lowest BCUT2D eigenvalue weighted by molar-refractivity contribution is 0.0398. The number of carbonyl (C=O) groups excluding carboxylic acids is 1. The summed E-state index contributed by atoms with van der Waals surface area (Å²) in [5, 5.41) is 25.4. The molecule has 3 unspecified atom stereocenters. The van der Waals surface area contributed by atoms with Crippen molar-refractivity contribution in [1.29, 1.82) is 5.26 Å². The molecule has 1 saturated heterocycles. The molecule has 0 aliphatic carbocycles. The lowest BCUT2D eigenvalue weighted by Crippen LogP contribution is -2.44. The molecule has 6 nitrogen and oxygen atoms in total. The smallest absolute Gasteiger partial charge is 0.251 e. The predicted octanol–water partition coefficient (Wildman–Crippen LogP) is 1.21. The van der Waals surface area contributed by atoms with Crippen molar-refractivity contribution in [3.63, 3.8) is 0 Å². The molecule has 6 heteroatoms. The van der Waals surface area contributed by atoms with Gasteiger partial charge < -0.3 is 20.5 Å². The third-order valence-corrected chi connectivity index (χ3v) is 4.41. The molecule has 1 aliphatic heterocycles. The molecule has 3 N–H and O–H groups in total. The number of hydrogen-bond donors (Lipinski definition) is 3. The zero-order valence-corrected chi connectivity index (χ0v) is 14.3. The maximum absolute atomic E-state index is 12.1. The molecule has 1 heterocycles. The van der Waals surface area contributed by atoms with Crippen LogP contribution in [0.3, 0.4) is 0 Å². The van der Waals surface area contributed by atoms with Crippen molar-refractivity contribution in [2.45, 2.75) is 24.8 Å². The molecule has 1 fully saturated rings. The number of aliphatic hydroxyl groups excluding tert-OH is 1. The maximum atomic E-state index is 12.1. The zero-order valence-electron chi connectivity index (χ0n) is 14.3. The van der Waals surface area contributed by atoms with Crippen LogP contribution in [-0.4, -0.2) is 42.4 Å². The largest absolute Gasteiger partial charge is 0.389 e. The number of rotatable bonds is 6. The fourth-order valence-corrected chi connectivity index (χ4v) is 2.93. The van der Waals surface area contributed by atoms with Crippen molar-refractivity contribution < 1.29 is 14.6 Å². The minimum Gasteiger partial charge on any atom is -0.389 e. The van der Waals surface area contributed by atoms with Crippen molar-refractivity contribution in [1.82, 2.24) is 10.6 Å². The van der Waals surface area contributed by atoms with Gasteiger partial charge in [-0.2, -0.15) is 5.26 Å². The number of ether oxygens (including phenoxy) is 1. The third kappa shape index (κ3) is 4.46. The van der Waals surface area contributed by atoms with Crippen molar-refractivity contribution in [3.05, 3.63) is 71.3 Å². The lowest BCUT2D eigenvalue weighted by Gasteiger charge is -2.19. The highest BCUT2D eigenvalue weighted by molar-refractivity contribution is 5.94. The molecule has 26 heavy (non-hydrogen) atoms. The van der Waals surface area contributed by atoms with E-state index in [0.29, 0.717) is 24.3 Å². The summed E-state index contributed by atoms with van der Waals surface area (Å²) in [4.78, 5) is 12.1. The van der Waals surface area contributed by atoms with E-state index < -0.39 is 12.2 Å². The fraction of sp³-hybridized carbons (Fsp3) is 0.300. The molecule has 0 aromatic heterocycles. The maximum Gasteiger partial charge on any atom is 0.251 e. The van der Waals surface area contributed by atoms with Crippen molar-refractivity contribution in [2.75, 3.05) is 13.2 Å². The van der Waals surface area contributed by atoms with Gasteiger partial charge in [0.1, 0.15) is 6.10 Å². The second-order valence-electron chi connectivity index (χ2n) is 6.24. The van der Waals surface area contributed by atoms with Crippen LogP contribution in [0.4, 0.5) is 0 Å². The first-order chi connectivity index (χ1) is 12.7. The molecular weight excluding hydrogens is 330 g/mol. The van der Waals surface area contributed by atoms with E-state index in [1.807, 2.05) is 24.3 Å². The molecule has 134 valence electrons. The highest BCUT2D eigenvalue weighted by Gasteiger charge is 2.35. The first-order valence-corrected chi connectivity index (χ1v) is 8.52. The number of hydrogen-bond acceptors (Lipinski definition) is 5. The van der Waals surface area contributed by atoms with Gasteiger partial charge in [-0.25, -0.2) is 0 Å². The Morgan fingerprint density at radius 3 is 2.81 bits per heavy atom. The van der Waals surface area contributed by atoms with Crippen LogP contribution in [0.15, 0.2) is 54.6 Å². The Morgan fingerprint density at radius 2 is 2.04 bits per heavy atom. The first kappa shape index (κ1) is 18.1. The molecule has 1 aliphatic rings. The monoisotopic (exact) mass is 351 g/mol. The molecular formula is C20H21N3O3. The quantitative estimate of drug-likeness (QED) is 0.727.